The summed E-state index contributed by atoms with van der Waals surface area (Å²) in [5.74, 6) is -1.13. The summed E-state index contributed by atoms with van der Waals surface area (Å²) in [5.41, 5.74) is 0.822. The van der Waals surface area contributed by atoms with E-state index in [4.69, 9.17) is 9.84 Å². The van der Waals surface area contributed by atoms with Crippen molar-refractivity contribution in [3.63, 3.8) is 0 Å². The number of carbonyl (C=O) groups excluding carboxylic acids is 2. The molecule has 0 radical (unpaired) electrons. The lowest BCUT2D eigenvalue weighted by atomic mass is 9.90. The molecule has 27 heavy (non-hydrogen) atoms. The zero-order valence-corrected chi connectivity index (χ0v) is 15.5. The standard InChI is InChI=1S/C19H26N2O6/c1-12(2)8-15(17(23)14-9-21(19(25)26)10-16(14)22)20-18(24)27-11-13-6-4-3-5-7-13/h3-7,12,14-16,22H,8-11H2,1-2H3,(H,20,24)(H,25,26)/t14?,15-,16?/m0/s1. The molecule has 1 aliphatic heterocycles. The number of Topliss-reactive ketones (excluding diaryl/α,β-unsaturated/α-hetero) is 1. The first-order valence-electron chi connectivity index (χ1n) is 8.94. The highest BCUT2D eigenvalue weighted by Crippen LogP contribution is 2.21. The SMILES string of the molecule is CC(C)C[C@H](NC(=O)OCc1ccccc1)C(=O)C1CN(C(=O)O)CC1O. The van der Waals surface area contributed by atoms with Gasteiger partial charge in [0.05, 0.1) is 24.6 Å². The molecule has 0 aromatic heterocycles. The smallest absolute Gasteiger partial charge is 0.408 e. The molecule has 1 aromatic carbocycles. The maximum Gasteiger partial charge on any atom is 0.408 e. The van der Waals surface area contributed by atoms with E-state index in [-0.39, 0.29) is 31.4 Å². The van der Waals surface area contributed by atoms with Crippen LogP contribution in [-0.4, -0.2) is 58.3 Å². The fourth-order valence-corrected chi connectivity index (χ4v) is 3.11. The Morgan fingerprint density at radius 2 is 1.89 bits per heavy atom. The Labute approximate surface area is 158 Å². The number of amides is 2. The van der Waals surface area contributed by atoms with Crippen LogP contribution in [0.1, 0.15) is 25.8 Å². The van der Waals surface area contributed by atoms with E-state index in [0.717, 1.165) is 10.5 Å². The fourth-order valence-electron chi connectivity index (χ4n) is 3.11. The van der Waals surface area contributed by atoms with Gasteiger partial charge in [-0.25, -0.2) is 9.59 Å². The largest absolute Gasteiger partial charge is 0.465 e. The van der Waals surface area contributed by atoms with Gasteiger partial charge >= 0.3 is 12.2 Å². The first-order chi connectivity index (χ1) is 12.8. The normalized spacial score (nSPS) is 20.4. The Balaban J connectivity index is 1.98. The second-order valence-corrected chi connectivity index (χ2v) is 7.15. The Kier molecular flexibility index (Phi) is 7.18. The number of β-amino-alcohol motifs (C(OH)–C–C–N with tert-alkyl or cyclic N) is 1. The number of nitrogens with one attached hydrogen (secondary N) is 1. The van der Waals surface area contributed by atoms with Gasteiger partial charge in [-0.1, -0.05) is 44.2 Å². The lowest BCUT2D eigenvalue weighted by molar-refractivity contribution is -0.127. The third-order valence-corrected chi connectivity index (χ3v) is 4.48. The van der Waals surface area contributed by atoms with Gasteiger partial charge in [0.15, 0.2) is 5.78 Å². The lowest BCUT2D eigenvalue weighted by Crippen LogP contribution is -2.47. The number of hydrogen-bond donors (Lipinski definition) is 3. The number of hydrogen-bond acceptors (Lipinski definition) is 5. The number of likely N-dealkylation sites (tertiary alicyclic amines) is 1. The van der Waals surface area contributed by atoms with Crippen molar-refractivity contribution in [1.29, 1.82) is 0 Å². The number of alkyl carbamates (subject to hydrolysis) is 1. The molecular formula is C19H26N2O6. The monoisotopic (exact) mass is 378 g/mol. The molecule has 0 spiro atoms. The second-order valence-electron chi connectivity index (χ2n) is 7.15. The number of aliphatic hydroxyl groups excluding tert-OH is 1. The number of ketones is 1. The number of carbonyl (C=O) groups is 3. The van der Waals surface area contributed by atoms with Crippen LogP contribution >= 0.6 is 0 Å². The maximum atomic E-state index is 12.8. The predicted molar refractivity (Wildman–Crippen MR) is 97.1 cm³/mol. The Morgan fingerprint density at radius 1 is 1.22 bits per heavy atom. The molecule has 1 aromatic rings. The summed E-state index contributed by atoms with van der Waals surface area (Å²) < 4.78 is 5.17. The summed E-state index contributed by atoms with van der Waals surface area (Å²) in [6.07, 6.45) is -2.61. The molecule has 148 valence electrons. The molecule has 2 unspecified atom stereocenters. The topological polar surface area (TPSA) is 116 Å². The highest BCUT2D eigenvalue weighted by atomic mass is 16.5. The van der Waals surface area contributed by atoms with E-state index in [0.29, 0.717) is 6.42 Å². The fraction of sp³-hybridized carbons (Fsp3) is 0.526. The summed E-state index contributed by atoms with van der Waals surface area (Å²) >= 11 is 0. The van der Waals surface area contributed by atoms with Crippen molar-refractivity contribution in [3.8, 4) is 0 Å². The molecule has 0 saturated carbocycles. The van der Waals surface area contributed by atoms with Crippen molar-refractivity contribution in [3.05, 3.63) is 35.9 Å². The van der Waals surface area contributed by atoms with Crippen molar-refractivity contribution in [1.82, 2.24) is 10.2 Å². The summed E-state index contributed by atoms with van der Waals surface area (Å²) in [6, 6.07) is 8.31. The van der Waals surface area contributed by atoms with Crippen LogP contribution in [0.3, 0.4) is 0 Å². The van der Waals surface area contributed by atoms with Gasteiger partial charge in [-0.15, -0.1) is 0 Å². The average molecular weight is 378 g/mol. The molecule has 2 amide bonds. The third kappa shape index (κ3) is 5.96. The van der Waals surface area contributed by atoms with E-state index in [1.54, 1.807) is 0 Å². The van der Waals surface area contributed by atoms with E-state index in [1.165, 1.54) is 0 Å². The number of nitrogens with zero attached hydrogens (tertiary/aromatic N) is 1. The Morgan fingerprint density at radius 3 is 2.44 bits per heavy atom. The van der Waals surface area contributed by atoms with Crippen LogP contribution in [-0.2, 0) is 16.1 Å². The molecule has 1 aliphatic rings. The number of rotatable bonds is 7. The lowest BCUT2D eigenvalue weighted by Gasteiger charge is -2.23. The van der Waals surface area contributed by atoms with Gasteiger partial charge < -0.3 is 25.2 Å². The zero-order chi connectivity index (χ0) is 20.0. The van der Waals surface area contributed by atoms with Gasteiger partial charge in [-0.2, -0.15) is 0 Å². The molecule has 3 N–H and O–H groups in total. The van der Waals surface area contributed by atoms with Crippen molar-refractivity contribution in [2.75, 3.05) is 13.1 Å². The average Bonchev–Trinajstić information content (AvgIpc) is 3.01. The van der Waals surface area contributed by atoms with Crippen molar-refractivity contribution >= 4 is 18.0 Å². The van der Waals surface area contributed by atoms with Gasteiger partial charge in [0.25, 0.3) is 0 Å². The summed E-state index contributed by atoms with van der Waals surface area (Å²) in [7, 11) is 0. The molecule has 1 heterocycles. The van der Waals surface area contributed by atoms with E-state index in [9.17, 15) is 19.5 Å². The minimum absolute atomic E-state index is 0.0775. The number of ether oxygens (including phenoxy) is 1. The van der Waals surface area contributed by atoms with Gasteiger partial charge in [0, 0.05) is 6.54 Å². The van der Waals surface area contributed by atoms with Gasteiger partial charge in [0.2, 0.25) is 0 Å². The van der Waals surface area contributed by atoms with E-state index >= 15 is 0 Å². The van der Waals surface area contributed by atoms with Crippen LogP contribution in [0.25, 0.3) is 0 Å². The minimum Gasteiger partial charge on any atom is -0.465 e. The molecule has 1 fully saturated rings. The zero-order valence-electron chi connectivity index (χ0n) is 15.5. The van der Waals surface area contributed by atoms with Crippen molar-refractivity contribution < 1.29 is 29.3 Å². The van der Waals surface area contributed by atoms with Gasteiger partial charge in [-0.05, 0) is 17.9 Å². The Bertz CT molecular complexity index is 663. The molecule has 0 aliphatic carbocycles. The van der Waals surface area contributed by atoms with Crippen LogP contribution in [0, 0.1) is 11.8 Å². The first-order valence-corrected chi connectivity index (χ1v) is 8.94. The first kappa shape index (κ1) is 20.7. The van der Waals surface area contributed by atoms with Crippen LogP contribution < -0.4 is 5.32 Å². The number of aliphatic hydroxyl groups is 1. The predicted octanol–water partition coefficient (Wildman–Crippen LogP) is 1.87. The van der Waals surface area contributed by atoms with Crippen molar-refractivity contribution in [2.24, 2.45) is 11.8 Å². The molecule has 8 nitrogen and oxygen atoms in total. The second kappa shape index (κ2) is 9.36. The van der Waals surface area contributed by atoms with Crippen molar-refractivity contribution in [2.45, 2.75) is 39.0 Å². The molecular weight excluding hydrogens is 352 g/mol. The molecule has 3 atom stereocenters. The molecule has 0 bridgehead atoms. The highest BCUT2D eigenvalue weighted by molar-refractivity contribution is 5.90. The summed E-state index contributed by atoms with van der Waals surface area (Å²) in [5, 5.41) is 21.7. The van der Waals surface area contributed by atoms with E-state index in [1.807, 2.05) is 44.2 Å². The third-order valence-electron chi connectivity index (χ3n) is 4.48. The van der Waals surface area contributed by atoms with Gasteiger partial charge in [-0.3, -0.25) is 4.79 Å². The van der Waals surface area contributed by atoms with E-state index < -0.39 is 30.3 Å². The molecule has 8 heteroatoms. The molecule has 1 saturated heterocycles. The molecule has 2 rings (SSSR count). The number of carboxylic acid groups (broad SMARTS) is 1. The maximum absolute atomic E-state index is 12.8. The summed E-state index contributed by atoms with van der Waals surface area (Å²) in [4.78, 5) is 37.0. The van der Waals surface area contributed by atoms with Crippen LogP contribution in [0.15, 0.2) is 30.3 Å². The summed E-state index contributed by atoms with van der Waals surface area (Å²) in [6.45, 7) is 3.70. The Hall–Kier alpha value is -2.61. The van der Waals surface area contributed by atoms with Crippen LogP contribution in [0.2, 0.25) is 0 Å². The van der Waals surface area contributed by atoms with Gasteiger partial charge in [0.1, 0.15) is 6.61 Å². The number of benzene rings is 1. The highest BCUT2D eigenvalue weighted by Gasteiger charge is 2.41. The quantitative estimate of drug-likeness (QED) is 0.667. The van der Waals surface area contributed by atoms with Crippen LogP contribution in [0.4, 0.5) is 9.59 Å². The van der Waals surface area contributed by atoms with E-state index in [2.05, 4.69) is 5.32 Å². The van der Waals surface area contributed by atoms with Crippen LogP contribution in [0.5, 0.6) is 0 Å². The minimum atomic E-state index is -1.18.